The predicted octanol–water partition coefficient (Wildman–Crippen LogP) is 1.62. The number of carbonyl (C=O) groups excluding carboxylic acids is 1. The largest absolute Gasteiger partial charge is 0.353 e. The fraction of sp³-hybridized carbons (Fsp3) is 0.538. The Morgan fingerprint density at radius 2 is 2.33 bits per heavy atom. The Morgan fingerprint density at radius 3 is 2.94 bits per heavy atom. The molecule has 0 bridgehead atoms. The maximum atomic E-state index is 11.4. The summed E-state index contributed by atoms with van der Waals surface area (Å²) in [7, 11) is 3.94. The third-order valence-corrected chi connectivity index (χ3v) is 3.46. The first-order valence-electron chi connectivity index (χ1n) is 6.07. The standard InChI is InChI=1S/C13H21N3OS/c1-11-12(18-10-15-11)6-4-8-14-13(17)7-5-9-16(2)3/h5,7,10H,4,6,8-9H2,1-3H3,(H,14,17)/b7-5+. The molecule has 1 amide bonds. The van der Waals surface area contributed by atoms with Crippen LogP contribution in [0, 0.1) is 6.92 Å². The Hall–Kier alpha value is -1.20. The van der Waals surface area contributed by atoms with E-state index in [0.717, 1.165) is 25.1 Å². The van der Waals surface area contributed by atoms with Gasteiger partial charge in [0.2, 0.25) is 5.91 Å². The third kappa shape index (κ3) is 5.93. The van der Waals surface area contributed by atoms with Crippen LogP contribution < -0.4 is 5.32 Å². The van der Waals surface area contributed by atoms with Crippen LogP contribution in [0.3, 0.4) is 0 Å². The lowest BCUT2D eigenvalue weighted by Crippen LogP contribution is -2.23. The predicted molar refractivity (Wildman–Crippen MR) is 75.9 cm³/mol. The van der Waals surface area contributed by atoms with Gasteiger partial charge in [-0.15, -0.1) is 11.3 Å². The van der Waals surface area contributed by atoms with Gasteiger partial charge in [0.05, 0.1) is 11.2 Å². The van der Waals surface area contributed by atoms with E-state index in [2.05, 4.69) is 10.3 Å². The van der Waals surface area contributed by atoms with Crippen LogP contribution in [0.5, 0.6) is 0 Å². The molecule has 1 aromatic rings. The Labute approximate surface area is 113 Å². The molecule has 1 aromatic heterocycles. The van der Waals surface area contributed by atoms with Crippen molar-refractivity contribution in [2.24, 2.45) is 0 Å². The molecule has 0 saturated carbocycles. The average molecular weight is 267 g/mol. The fourth-order valence-electron chi connectivity index (χ4n) is 1.46. The number of carbonyl (C=O) groups is 1. The van der Waals surface area contributed by atoms with E-state index in [1.54, 1.807) is 17.4 Å². The zero-order chi connectivity index (χ0) is 13.4. The molecule has 0 aliphatic heterocycles. The molecular weight excluding hydrogens is 246 g/mol. The Kier molecular flexibility index (Phi) is 6.60. The molecule has 0 fully saturated rings. The molecule has 18 heavy (non-hydrogen) atoms. The van der Waals surface area contributed by atoms with E-state index in [0.29, 0.717) is 6.54 Å². The first kappa shape index (κ1) is 14.9. The summed E-state index contributed by atoms with van der Waals surface area (Å²) in [5.41, 5.74) is 2.98. The van der Waals surface area contributed by atoms with Crippen molar-refractivity contribution in [2.45, 2.75) is 19.8 Å². The smallest absolute Gasteiger partial charge is 0.243 e. The second-order valence-corrected chi connectivity index (χ2v) is 5.36. The van der Waals surface area contributed by atoms with Crippen molar-refractivity contribution < 1.29 is 4.79 Å². The maximum Gasteiger partial charge on any atom is 0.243 e. The van der Waals surface area contributed by atoms with E-state index in [1.165, 1.54) is 4.88 Å². The highest BCUT2D eigenvalue weighted by molar-refractivity contribution is 7.09. The highest BCUT2D eigenvalue weighted by Crippen LogP contribution is 2.13. The van der Waals surface area contributed by atoms with E-state index in [9.17, 15) is 4.79 Å². The molecule has 1 heterocycles. The number of nitrogens with zero attached hydrogens (tertiary/aromatic N) is 2. The molecule has 100 valence electrons. The number of aromatic nitrogens is 1. The summed E-state index contributed by atoms with van der Waals surface area (Å²) in [5.74, 6) is -0.0159. The van der Waals surface area contributed by atoms with E-state index < -0.39 is 0 Å². The summed E-state index contributed by atoms with van der Waals surface area (Å²) < 4.78 is 0. The monoisotopic (exact) mass is 267 g/mol. The molecule has 0 unspecified atom stereocenters. The average Bonchev–Trinajstić information content (AvgIpc) is 2.70. The van der Waals surface area contributed by atoms with Crippen LogP contribution in [0.2, 0.25) is 0 Å². The summed E-state index contributed by atoms with van der Waals surface area (Å²) in [6.07, 6.45) is 5.40. The Bertz CT molecular complexity index is 399. The zero-order valence-electron chi connectivity index (χ0n) is 11.3. The van der Waals surface area contributed by atoms with E-state index >= 15 is 0 Å². The van der Waals surface area contributed by atoms with Crippen molar-refractivity contribution in [3.63, 3.8) is 0 Å². The molecule has 0 aliphatic rings. The number of likely N-dealkylation sites (N-methyl/N-ethyl adjacent to an activating group) is 1. The molecule has 0 aliphatic carbocycles. The van der Waals surface area contributed by atoms with Crippen LogP contribution in [-0.2, 0) is 11.2 Å². The first-order valence-corrected chi connectivity index (χ1v) is 6.95. The zero-order valence-corrected chi connectivity index (χ0v) is 12.1. The second kappa shape index (κ2) is 8.00. The normalized spacial score (nSPS) is 11.3. The van der Waals surface area contributed by atoms with Gasteiger partial charge in [-0.3, -0.25) is 4.79 Å². The molecular formula is C13H21N3OS. The van der Waals surface area contributed by atoms with Gasteiger partial charge in [-0.25, -0.2) is 4.98 Å². The molecule has 0 radical (unpaired) electrons. The van der Waals surface area contributed by atoms with Crippen LogP contribution in [0.4, 0.5) is 0 Å². The summed E-state index contributed by atoms with van der Waals surface area (Å²) in [5, 5.41) is 2.88. The van der Waals surface area contributed by atoms with Crippen LogP contribution in [0.1, 0.15) is 17.0 Å². The molecule has 1 rings (SSSR count). The van der Waals surface area contributed by atoms with Gasteiger partial charge in [0.25, 0.3) is 0 Å². The van der Waals surface area contributed by atoms with Gasteiger partial charge in [-0.1, -0.05) is 6.08 Å². The van der Waals surface area contributed by atoms with Gasteiger partial charge >= 0.3 is 0 Å². The summed E-state index contributed by atoms with van der Waals surface area (Å²) >= 11 is 1.68. The first-order chi connectivity index (χ1) is 8.59. The van der Waals surface area contributed by atoms with Crippen LogP contribution in [0.25, 0.3) is 0 Å². The number of nitrogens with one attached hydrogen (secondary N) is 1. The van der Waals surface area contributed by atoms with Crippen LogP contribution >= 0.6 is 11.3 Å². The minimum Gasteiger partial charge on any atom is -0.353 e. The minimum absolute atomic E-state index is 0.0159. The lowest BCUT2D eigenvalue weighted by Gasteiger charge is -2.04. The molecule has 5 heteroatoms. The number of aryl methyl sites for hydroxylation is 2. The third-order valence-electron chi connectivity index (χ3n) is 2.46. The van der Waals surface area contributed by atoms with Crippen molar-refractivity contribution in [2.75, 3.05) is 27.2 Å². The SMILES string of the molecule is Cc1ncsc1CCCNC(=O)/C=C/CN(C)C. The molecule has 1 N–H and O–H groups in total. The molecule has 0 spiro atoms. The van der Waals surface area contributed by atoms with Gasteiger partial charge < -0.3 is 10.2 Å². The van der Waals surface area contributed by atoms with E-state index in [1.807, 2.05) is 37.5 Å². The van der Waals surface area contributed by atoms with Crippen LogP contribution in [-0.4, -0.2) is 43.0 Å². The Morgan fingerprint density at radius 1 is 1.56 bits per heavy atom. The Balaban J connectivity index is 2.12. The molecule has 0 atom stereocenters. The van der Waals surface area contributed by atoms with Gasteiger partial charge in [-0.05, 0) is 33.9 Å². The highest BCUT2D eigenvalue weighted by atomic mass is 32.1. The van der Waals surface area contributed by atoms with E-state index in [-0.39, 0.29) is 5.91 Å². The van der Waals surface area contributed by atoms with Crippen molar-refractivity contribution in [1.82, 2.24) is 15.2 Å². The number of hydrogen-bond donors (Lipinski definition) is 1. The quantitative estimate of drug-likeness (QED) is 0.603. The fourth-order valence-corrected chi connectivity index (χ4v) is 2.28. The van der Waals surface area contributed by atoms with Crippen molar-refractivity contribution >= 4 is 17.2 Å². The molecule has 0 saturated heterocycles. The summed E-state index contributed by atoms with van der Waals surface area (Å²) in [6.45, 7) is 3.52. The van der Waals surface area contributed by atoms with Gasteiger partial charge in [0, 0.05) is 24.0 Å². The second-order valence-electron chi connectivity index (χ2n) is 4.42. The summed E-state index contributed by atoms with van der Waals surface area (Å²) in [6, 6.07) is 0. The number of thiazole rings is 1. The van der Waals surface area contributed by atoms with Crippen molar-refractivity contribution in [3.8, 4) is 0 Å². The van der Waals surface area contributed by atoms with Crippen molar-refractivity contribution in [1.29, 1.82) is 0 Å². The molecule has 0 aromatic carbocycles. The van der Waals surface area contributed by atoms with Gasteiger partial charge in [0.15, 0.2) is 0 Å². The van der Waals surface area contributed by atoms with Crippen LogP contribution in [0.15, 0.2) is 17.7 Å². The van der Waals surface area contributed by atoms with Gasteiger partial charge in [0.1, 0.15) is 0 Å². The van der Waals surface area contributed by atoms with Gasteiger partial charge in [-0.2, -0.15) is 0 Å². The molecule has 4 nitrogen and oxygen atoms in total. The summed E-state index contributed by atoms with van der Waals surface area (Å²) in [4.78, 5) is 19.0. The lowest BCUT2D eigenvalue weighted by molar-refractivity contribution is -0.116. The topological polar surface area (TPSA) is 45.2 Å². The number of amides is 1. The highest BCUT2D eigenvalue weighted by Gasteiger charge is 2.01. The minimum atomic E-state index is -0.0159. The maximum absolute atomic E-state index is 11.4. The number of rotatable bonds is 7. The van der Waals surface area contributed by atoms with Crippen molar-refractivity contribution in [3.05, 3.63) is 28.2 Å². The number of hydrogen-bond acceptors (Lipinski definition) is 4. The lowest BCUT2D eigenvalue weighted by atomic mass is 10.2. The van der Waals surface area contributed by atoms with E-state index in [4.69, 9.17) is 0 Å².